The molecule has 4 nitrogen and oxygen atoms in total. The highest BCUT2D eigenvalue weighted by Gasteiger charge is 2.42. The molecule has 0 aromatic heterocycles. The highest BCUT2D eigenvalue weighted by molar-refractivity contribution is 5.97. The fourth-order valence-corrected chi connectivity index (χ4v) is 2.86. The van der Waals surface area contributed by atoms with Crippen molar-refractivity contribution in [3.63, 3.8) is 0 Å². The topological polar surface area (TPSA) is 47.6 Å². The molecular formula is C19H29NO3. The molecule has 23 heavy (non-hydrogen) atoms. The van der Waals surface area contributed by atoms with Crippen molar-refractivity contribution in [2.24, 2.45) is 0 Å². The Balaban J connectivity index is 1.98. The molecule has 1 aliphatic rings. The Bertz CT molecular complexity index is 492. The molecule has 0 saturated heterocycles. The van der Waals surface area contributed by atoms with Gasteiger partial charge in [-0.05, 0) is 69.7 Å². The number of hydrogen-bond acceptors (Lipinski definition) is 3. The lowest BCUT2D eigenvalue weighted by molar-refractivity contribution is -0.140. The van der Waals surface area contributed by atoms with E-state index in [1.807, 2.05) is 31.2 Å². The van der Waals surface area contributed by atoms with Gasteiger partial charge in [0.25, 0.3) is 5.91 Å². The van der Waals surface area contributed by atoms with E-state index in [4.69, 9.17) is 9.47 Å². The number of hydrogen-bond donors (Lipinski definition) is 1. The van der Waals surface area contributed by atoms with Crippen LogP contribution in [-0.2, 0) is 9.53 Å². The van der Waals surface area contributed by atoms with Crippen LogP contribution in [-0.4, -0.2) is 24.2 Å². The molecule has 1 unspecified atom stereocenters. The maximum absolute atomic E-state index is 12.7. The molecule has 1 atom stereocenters. The standard InChI is InChI=1S/C19H29NO3/c1-4-14-22-19(12-6-7-13-19)18(21)20-16-8-10-17(11-9-16)23-15(3)5-2/h8-11,15H,4-7,12-14H2,1-3H3,(H,20,21). The van der Waals surface area contributed by atoms with Crippen LogP contribution in [0.15, 0.2) is 24.3 Å². The largest absolute Gasteiger partial charge is 0.491 e. The summed E-state index contributed by atoms with van der Waals surface area (Å²) in [5.74, 6) is 0.814. The van der Waals surface area contributed by atoms with Crippen LogP contribution in [0, 0.1) is 0 Å². The molecule has 1 aromatic rings. The predicted molar refractivity (Wildman–Crippen MR) is 92.9 cm³/mol. The van der Waals surface area contributed by atoms with Crippen LogP contribution < -0.4 is 10.1 Å². The number of carbonyl (C=O) groups excluding carboxylic acids is 1. The van der Waals surface area contributed by atoms with Gasteiger partial charge in [-0.2, -0.15) is 0 Å². The molecule has 0 heterocycles. The fourth-order valence-electron chi connectivity index (χ4n) is 2.86. The first-order valence-corrected chi connectivity index (χ1v) is 8.82. The highest BCUT2D eigenvalue weighted by atomic mass is 16.5. The average Bonchev–Trinajstić information content (AvgIpc) is 3.05. The fraction of sp³-hybridized carbons (Fsp3) is 0.632. The van der Waals surface area contributed by atoms with Crippen molar-refractivity contribution in [3.05, 3.63) is 24.3 Å². The van der Waals surface area contributed by atoms with Crippen LogP contribution >= 0.6 is 0 Å². The van der Waals surface area contributed by atoms with Gasteiger partial charge in [-0.3, -0.25) is 4.79 Å². The molecule has 1 aromatic carbocycles. The lowest BCUT2D eigenvalue weighted by Crippen LogP contribution is -2.43. The molecule has 4 heteroatoms. The van der Waals surface area contributed by atoms with E-state index in [-0.39, 0.29) is 12.0 Å². The number of benzene rings is 1. The molecule has 1 aliphatic carbocycles. The van der Waals surface area contributed by atoms with Crippen molar-refractivity contribution >= 4 is 11.6 Å². The molecule has 1 amide bonds. The first-order valence-electron chi connectivity index (χ1n) is 8.82. The number of rotatable bonds is 8. The van der Waals surface area contributed by atoms with E-state index < -0.39 is 5.60 Å². The Morgan fingerprint density at radius 3 is 2.43 bits per heavy atom. The van der Waals surface area contributed by atoms with E-state index in [0.717, 1.165) is 50.0 Å². The van der Waals surface area contributed by atoms with Gasteiger partial charge in [0.2, 0.25) is 0 Å². The van der Waals surface area contributed by atoms with Gasteiger partial charge in [0.1, 0.15) is 11.4 Å². The van der Waals surface area contributed by atoms with Crippen molar-refractivity contribution < 1.29 is 14.3 Å². The Hall–Kier alpha value is -1.55. The maximum Gasteiger partial charge on any atom is 0.256 e. The number of amides is 1. The average molecular weight is 319 g/mol. The summed E-state index contributed by atoms with van der Waals surface area (Å²) in [6.45, 7) is 6.84. The minimum absolute atomic E-state index is 0.0148. The summed E-state index contributed by atoms with van der Waals surface area (Å²) < 4.78 is 11.7. The first kappa shape index (κ1) is 17.8. The van der Waals surface area contributed by atoms with E-state index in [1.54, 1.807) is 0 Å². The lowest BCUT2D eigenvalue weighted by Gasteiger charge is -2.28. The van der Waals surface area contributed by atoms with Crippen LogP contribution in [0.5, 0.6) is 5.75 Å². The van der Waals surface area contributed by atoms with E-state index in [2.05, 4.69) is 19.2 Å². The van der Waals surface area contributed by atoms with Crippen LogP contribution in [0.25, 0.3) is 0 Å². The molecule has 0 aliphatic heterocycles. The van der Waals surface area contributed by atoms with Gasteiger partial charge in [0.15, 0.2) is 0 Å². The second kappa shape index (κ2) is 8.34. The van der Waals surface area contributed by atoms with Crippen molar-refractivity contribution in [3.8, 4) is 5.75 Å². The van der Waals surface area contributed by atoms with Crippen molar-refractivity contribution in [2.75, 3.05) is 11.9 Å². The summed E-state index contributed by atoms with van der Waals surface area (Å²) in [4.78, 5) is 12.7. The smallest absolute Gasteiger partial charge is 0.256 e. The molecule has 0 radical (unpaired) electrons. The van der Waals surface area contributed by atoms with Crippen LogP contribution in [0.4, 0.5) is 5.69 Å². The normalized spacial score (nSPS) is 17.7. The molecule has 0 bridgehead atoms. The summed E-state index contributed by atoms with van der Waals surface area (Å²) in [6, 6.07) is 7.57. The second-order valence-electron chi connectivity index (χ2n) is 6.37. The van der Waals surface area contributed by atoms with E-state index >= 15 is 0 Å². The van der Waals surface area contributed by atoms with E-state index in [1.165, 1.54) is 0 Å². The minimum Gasteiger partial charge on any atom is -0.491 e. The third-order valence-electron chi connectivity index (χ3n) is 4.43. The molecule has 0 spiro atoms. The molecule has 1 N–H and O–H groups in total. The summed E-state index contributed by atoms with van der Waals surface area (Å²) >= 11 is 0. The van der Waals surface area contributed by atoms with Gasteiger partial charge < -0.3 is 14.8 Å². The monoisotopic (exact) mass is 319 g/mol. The minimum atomic E-state index is -0.637. The lowest BCUT2D eigenvalue weighted by atomic mass is 10.0. The van der Waals surface area contributed by atoms with Crippen molar-refractivity contribution in [2.45, 2.75) is 71.0 Å². The van der Waals surface area contributed by atoms with Gasteiger partial charge >= 0.3 is 0 Å². The van der Waals surface area contributed by atoms with Crippen LogP contribution in [0.2, 0.25) is 0 Å². The summed E-state index contributed by atoms with van der Waals surface area (Å²) in [5, 5.41) is 3.01. The summed E-state index contributed by atoms with van der Waals surface area (Å²) in [5.41, 5.74) is 0.153. The summed E-state index contributed by atoms with van der Waals surface area (Å²) in [7, 11) is 0. The maximum atomic E-state index is 12.7. The third kappa shape index (κ3) is 4.71. The zero-order valence-electron chi connectivity index (χ0n) is 14.6. The highest BCUT2D eigenvalue weighted by Crippen LogP contribution is 2.34. The van der Waals surface area contributed by atoms with Gasteiger partial charge in [0, 0.05) is 12.3 Å². The molecular weight excluding hydrogens is 290 g/mol. The Labute approximate surface area is 139 Å². The van der Waals surface area contributed by atoms with E-state index in [9.17, 15) is 4.79 Å². The van der Waals surface area contributed by atoms with Crippen LogP contribution in [0.1, 0.15) is 59.3 Å². The van der Waals surface area contributed by atoms with Crippen molar-refractivity contribution in [1.29, 1.82) is 0 Å². The SMILES string of the molecule is CCCOC1(C(=O)Nc2ccc(OC(C)CC)cc2)CCCC1. The molecule has 128 valence electrons. The van der Waals surface area contributed by atoms with Gasteiger partial charge in [-0.25, -0.2) is 0 Å². The first-order chi connectivity index (χ1) is 11.1. The Kier molecular flexibility index (Phi) is 6.46. The predicted octanol–water partition coefficient (Wildman–Crippen LogP) is 4.54. The zero-order valence-corrected chi connectivity index (χ0v) is 14.6. The Morgan fingerprint density at radius 2 is 1.87 bits per heavy atom. The summed E-state index contributed by atoms with van der Waals surface area (Å²) in [6.07, 6.45) is 5.83. The van der Waals surface area contributed by atoms with Crippen LogP contribution in [0.3, 0.4) is 0 Å². The Morgan fingerprint density at radius 1 is 1.22 bits per heavy atom. The van der Waals surface area contributed by atoms with Gasteiger partial charge in [-0.15, -0.1) is 0 Å². The molecule has 1 fully saturated rings. The molecule has 2 rings (SSSR count). The van der Waals surface area contributed by atoms with Crippen molar-refractivity contribution in [1.82, 2.24) is 0 Å². The van der Waals surface area contributed by atoms with Gasteiger partial charge in [-0.1, -0.05) is 13.8 Å². The number of carbonyl (C=O) groups is 1. The second-order valence-corrected chi connectivity index (χ2v) is 6.37. The number of anilines is 1. The van der Waals surface area contributed by atoms with Gasteiger partial charge in [0.05, 0.1) is 6.10 Å². The molecule has 1 saturated carbocycles. The van der Waals surface area contributed by atoms with E-state index in [0.29, 0.717) is 6.61 Å². The third-order valence-corrected chi connectivity index (χ3v) is 4.43. The number of nitrogens with one attached hydrogen (secondary N) is 1. The quantitative estimate of drug-likeness (QED) is 0.765. The number of ether oxygens (including phenoxy) is 2. The zero-order chi connectivity index (χ0) is 16.7.